The van der Waals surface area contributed by atoms with Crippen LogP contribution in [0.3, 0.4) is 0 Å². The van der Waals surface area contributed by atoms with Crippen molar-refractivity contribution in [3.63, 3.8) is 0 Å². The molecule has 4 aromatic carbocycles. The summed E-state index contributed by atoms with van der Waals surface area (Å²) >= 11 is 6.32. The first-order valence-electron chi connectivity index (χ1n) is 36.8. The van der Waals surface area contributed by atoms with E-state index in [4.69, 9.17) is 34.3 Å². The van der Waals surface area contributed by atoms with E-state index in [9.17, 15) is 95.7 Å². The Morgan fingerprint density at radius 2 is 0.983 bits per heavy atom. The molecule has 0 radical (unpaired) electrons. The quantitative estimate of drug-likeness (QED) is 0.0191. The number of alkyl halides is 14. The Balaban J connectivity index is 0.000000241. The number of nitrogens with one attached hydrogen (secondary N) is 1. The van der Waals surface area contributed by atoms with Crippen LogP contribution in [0.1, 0.15) is 113 Å². The molecular weight excluding hydrogens is 1740 g/mol. The van der Waals surface area contributed by atoms with Crippen molar-refractivity contribution in [2.75, 3.05) is 86.5 Å². The van der Waals surface area contributed by atoms with E-state index in [1.807, 2.05) is 4.90 Å². The van der Waals surface area contributed by atoms with Crippen molar-refractivity contribution in [3.8, 4) is 0 Å². The third-order valence-electron chi connectivity index (χ3n) is 19.3. The molecule has 8 aromatic rings. The summed E-state index contributed by atoms with van der Waals surface area (Å²) in [5.74, 6) is -7.48. The number of carbonyl (C=O) groups is 3. The summed E-state index contributed by atoms with van der Waals surface area (Å²) in [6.07, 6.45) is -21.4. The Hall–Kier alpha value is -9.49. The predicted molar refractivity (Wildman–Crippen MR) is 412 cm³/mol. The van der Waals surface area contributed by atoms with Gasteiger partial charge in [0.2, 0.25) is 17.3 Å². The van der Waals surface area contributed by atoms with Crippen molar-refractivity contribution in [2.45, 2.75) is 147 Å². The maximum atomic E-state index is 15.1. The number of esters is 2. The number of carboxylic acid groups (broad SMARTS) is 1. The average Bonchev–Trinajstić information content (AvgIpc) is 1.33. The van der Waals surface area contributed by atoms with Gasteiger partial charge in [0.1, 0.15) is 34.5 Å². The van der Waals surface area contributed by atoms with E-state index in [2.05, 4.69) is 41.9 Å². The summed E-state index contributed by atoms with van der Waals surface area (Å²) in [6.45, 7) is 5.57. The second-order valence-corrected chi connectivity index (χ2v) is 29.6. The number of ether oxygens (including phenoxy) is 3. The molecule has 0 aliphatic carbocycles. The number of benzene rings is 4. The van der Waals surface area contributed by atoms with Gasteiger partial charge in [-0.25, -0.2) is 32.8 Å². The Bertz CT molecular complexity index is 5000. The number of hydrogen-bond donors (Lipinski definition) is 5. The number of carboxylic acids is 1. The summed E-state index contributed by atoms with van der Waals surface area (Å²) < 4.78 is 220. The molecule has 3 aliphatic heterocycles. The smallest absolute Gasteiger partial charge is 0.449 e. The Labute approximate surface area is 687 Å². The van der Waals surface area contributed by atoms with Gasteiger partial charge in [-0.3, -0.25) is 37.7 Å². The number of aliphatic hydroxyl groups excluding tert-OH is 2. The lowest BCUT2D eigenvalue weighted by molar-refractivity contribution is -0.161. The zero-order valence-corrected chi connectivity index (χ0v) is 67.7. The highest BCUT2D eigenvalue weighted by Gasteiger charge is 2.42. The highest BCUT2D eigenvalue weighted by molar-refractivity contribution is 9.09. The molecule has 11 rings (SSSR count). The fraction of sp³-hybridized carbons (Fsp3) is 0.449. The SMILES string of the molecule is CC1(C)OC(=O)C(CCBr)O1.COC(=O)C(O)CCBr.Cc1c(N2CCN(Cc3ccc(C(F)(F)F)o3)CC2)c(=O)n(C[C@H](N)c2ccccc2)c(=O)n1Cc1c(F)cccc1C(F)(F)F.Cc1c(N2CCN(Cc3ccc(C(F)(F)F)o3)CC2)c(=O)n(C[C@H](NCCC(O)C(=O)O)c2ccccc2)c(=O)n1Cc1c(F)cccc1C(F)(F)F. The van der Waals surface area contributed by atoms with Crippen LogP contribution in [0.15, 0.2) is 149 Å². The Morgan fingerprint density at radius 3 is 1.35 bits per heavy atom. The van der Waals surface area contributed by atoms with Crippen LogP contribution < -0.4 is 43.3 Å². The number of rotatable bonds is 26. The van der Waals surface area contributed by atoms with Gasteiger partial charge in [-0.2, -0.15) is 52.7 Å². The van der Waals surface area contributed by atoms with Gasteiger partial charge >= 0.3 is 54.0 Å². The number of aromatic nitrogens is 4. The lowest BCUT2D eigenvalue weighted by Gasteiger charge is -2.36. The minimum Gasteiger partial charge on any atom is -0.479 e. The summed E-state index contributed by atoms with van der Waals surface area (Å²) in [5.41, 5.74) is -0.124. The van der Waals surface area contributed by atoms with E-state index >= 15 is 4.39 Å². The summed E-state index contributed by atoms with van der Waals surface area (Å²) in [4.78, 5) is 95.6. The Morgan fingerprint density at radius 1 is 0.555 bits per heavy atom. The molecule has 650 valence electrons. The molecule has 6 N–H and O–H groups in total. The molecule has 25 nitrogen and oxygen atoms in total. The molecule has 41 heteroatoms. The topological polar surface area (TPSA) is 305 Å². The zero-order valence-electron chi connectivity index (χ0n) is 64.5. The van der Waals surface area contributed by atoms with E-state index in [1.54, 1.807) is 89.2 Å². The monoisotopic (exact) mass is 1830 g/mol. The predicted octanol–water partition coefficient (Wildman–Crippen LogP) is 11.5. The fourth-order valence-electron chi connectivity index (χ4n) is 13.2. The van der Waals surface area contributed by atoms with E-state index in [0.29, 0.717) is 35.4 Å². The summed E-state index contributed by atoms with van der Waals surface area (Å²) in [5, 5.41) is 32.1. The van der Waals surface area contributed by atoms with Crippen molar-refractivity contribution in [3.05, 3.63) is 242 Å². The molecular formula is C78H86Br2F14N10O15. The molecule has 7 heterocycles. The number of nitrogens with two attached hydrogens (primary N) is 1. The van der Waals surface area contributed by atoms with Gasteiger partial charge in [-0.05, 0) is 99.3 Å². The van der Waals surface area contributed by atoms with Crippen LogP contribution in [0.5, 0.6) is 0 Å². The van der Waals surface area contributed by atoms with Gasteiger partial charge in [0.25, 0.3) is 11.1 Å². The lowest BCUT2D eigenvalue weighted by Crippen LogP contribution is -2.51. The number of cyclic esters (lactones) is 1. The number of methoxy groups -OCH3 is 1. The largest absolute Gasteiger partial charge is 0.479 e. The first-order chi connectivity index (χ1) is 55.9. The third kappa shape index (κ3) is 25.3. The molecule has 4 aromatic heterocycles. The molecule has 3 aliphatic rings. The first-order valence-corrected chi connectivity index (χ1v) is 39.0. The molecule has 5 atom stereocenters. The van der Waals surface area contributed by atoms with Gasteiger partial charge in [0.15, 0.2) is 18.3 Å². The molecule has 0 spiro atoms. The molecule has 0 bridgehead atoms. The standard InChI is InChI=1S/C35H36F7N5O6.C31H30F7N5O3.C7H11BrO3.C5H9BrO3/c1-21-30(45-16-14-44(15-17-45)18-23-10-11-29(53-23)35(40,41)42)31(49)47(20-27(22-6-3-2-4-7-22)43-13-12-28(48)32(50)51)33(52)46(21)19-24-25(34(37,38)39)8-5-9-26(24)36;1-19-27(41-14-12-40(13-15-41)16-21-10-11-26(46-21)31(36,37)38)28(44)43(18-25(39)20-6-3-2-4-7-20)29(45)42(19)17-22-23(30(33,34)35)8-5-9-24(22)32;1-7(2)10-5(3-4-8)6(9)11-7;1-9-5(8)4(7)2-3-6/h2-11,27-28,43,48H,12-20H2,1H3,(H,50,51);2-11,25H,12-18,39H2,1H3;5H,3-4H2,1-2H3;4,7H,2-3H2,1H3/t27-,28?;25-;;/m00../s1. The van der Waals surface area contributed by atoms with Crippen LogP contribution in [-0.2, 0) is 92.6 Å². The number of furan rings is 2. The lowest BCUT2D eigenvalue weighted by atomic mass is 10.1. The minimum absolute atomic E-state index is 0.0289. The number of anilines is 2. The number of piperazine rings is 2. The van der Waals surface area contributed by atoms with Gasteiger partial charge < -0.3 is 59.2 Å². The molecule has 3 saturated heterocycles. The number of aliphatic hydroxyl groups is 2. The fourth-order valence-corrected chi connectivity index (χ4v) is 14.1. The minimum atomic E-state index is -4.97. The second kappa shape index (κ2) is 41.2. The van der Waals surface area contributed by atoms with Crippen molar-refractivity contribution in [1.82, 2.24) is 33.4 Å². The van der Waals surface area contributed by atoms with Crippen molar-refractivity contribution in [1.29, 1.82) is 0 Å². The van der Waals surface area contributed by atoms with Crippen molar-refractivity contribution in [2.24, 2.45) is 5.73 Å². The molecule has 119 heavy (non-hydrogen) atoms. The van der Waals surface area contributed by atoms with Crippen LogP contribution in [0.2, 0.25) is 0 Å². The van der Waals surface area contributed by atoms with E-state index in [-0.39, 0.29) is 138 Å². The second-order valence-electron chi connectivity index (χ2n) is 28.0. The number of halogens is 16. The van der Waals surface area contributed by atoms with Crippen LogP contribution in [0.4, 0.5) is 72.8 Å². The maximum absolute atomic E-state index is 15.1. The van der Waals surface area contributed by atoms with E-state index in [0.717, 1.165) is 66.1 Å². The summed E-state index contributed by atoms with van der Waals surface area (Å²) in [6, 6.07) is 24.4. The van der Waals surface area contributed by atoms with E-state index in [1.165, 1.54) is 33.1 Å². The summed E-state index contributed by atoms with van der Waals surface area (Å²) in [7, 11) is 1.25. The number of carbonyl (C=O) groups excluding carboxylic acids is 2. The van der Waals surface area contributed by atoms with Crippen molar-refractivity contribution < 1.29 is 114 Å². The first kappa shape index (κ1) is 95.0. The molecule has 0 saturated carbocycles. The maximum Gasteiger partial charge on any atom is 0.449 e. The van der Waals surface area contributed by atoms with Crippen LogP contribution >= 0.6 is 31.9 Å². The normalized spacial score (nSPS) is 16.4. The zero-order chi connectivity index (χ0) is 87.8. The van der Waals surface area contributed by atoms with Gasteiger partial charge in [0.05, 0.1) is 63.5 Å². The van der Waals surface area contributed by atoms with Crippen LogP contribution in [0, 0.1) is 25.5 Å². The number of aliphatic carboxylic acids is 1. The van der Waals surface area contributed by atoms with Crippen LogP contribution in [0.25, 0.3) is 0 Å². The van der Waals surface area contributed by atoms with E-state index < -0.39 is 148 Å². The van der Waals surface area contributed by atoms with Gasteiger partial charge in [-0.1, -0.05) is 105 Å². The molecule has 0 amide bonds. The van der Waals surface area contributed by atoms with Crippen LogP contribution in [-0.4, -0.2) is 162 Å². The Kier molecular flexibility index (Phi) is 32.9. The highest BCUT2D eigenvalue weighted by atomic mass is 79.9. The number of nitrogens with zero attached hydrogens (tertiary/aromatic N) is 8. The third-order valence-corrected chi connectivity index (χ3v) is 20.3. The van der Waals surface area contributed by atoms with Crippen molar-refractivity contribution >= 4 is 61.1 Å². The van der Waals surface area contributed by atoms with Gasteiger partial charge in [-0.15, -0.1) is 0 Å². The highest BCUT2D eigenvalue weighted by Crippen LogP contribution is 2.38. The average molecular weight is 1830 g/mol. The number of hydrogen-bond acceptors (Lipinski definition) is 20. The molecule has 3 unspecified atom stereocenters. The molecule has 3 fully saturated rings. The van der Waals surface area contributed by atoms with Gasteiger partial charge in [0, 0.05) is 105 Å².